The summed E-state index contributed by atoms with van der Waals surface area (Å²) >= 11 is 0. The molecule has 4 rings (SSSR count). The van der Waals surface area contributed by atoms with Crippen molar-refractivity contribution in [2.24, 2.45) is 11.8 Å². The summed E-state index contributed by atoms with van der Waals surface area (Å²) in [5, 5.41) is 10.4. The predicted molar refractivity (Wildman–Crippen MR) is 108 cm³/mol. The van der Waals surface area contributed by atoms with Gasteiger partial charge in [-0.1, -0.05) is 6.07 Å². The Bertz CT molecular complexity index is 895. The lowest BCUT2D eigenvalue weighted by Gasteiger charge is -2.52. The Morgan fingerprint density at radius 3 is 2.24 bits per heavy atom. The van der Waals surface area contributed by atoms with Gasteiger partial charge < -0.3 is 28.8 Å². The smallest absolute Gasteiger partial charge is 0.161 e. The van der Waals surface area contributed by atoms with Crippen LogP contribution in [-0.2, 0) is 16.8 Å². The minimum Gasteiger partial charge on any atom is -0.493 e. The lowest BCUT2D eigenvalue weighted by Crippen LogP contribution is -2.52. The molecule has 2 aromatic rings. The van der Waals surface area contributed by atoms with Crippen LogP contribution in [0.1, 0.15) is 23.1 Å². The van der Waals surface area contributed by atoms with E-state index < -0.39 is 5.60 Å². The predicted octanol–water partition coefficient (Wildman–Crippen LogP) is 3.17. The molecule has 3 atom stereocenters. The van der Waals surface area contributed by atoms with Gasteiger partial charge >= 0.3 is 0 Å². The van der Waals surface area contributed by atoms with Crippen molar-refractivity contribution in [3.05, 3.63) is 47.0 Å². The summed E-state index contributed by atoms with van der Waals surface area (Å²) in [6.45, 7) is 0.663. The van der Waals surface area contributed by atoms with Crippen molar-refractivity contribution in [2.75, 3.05) is 41.7 Å². The highest BCUT2D eigenvalue weighted by molar-refractivity contribution is 5.56. The summed E-state index contributed by atoms with van der Waals surface area (Å²) in [4.78, 5) is 0. The van der Waals surface area contributed by atoms with E-state index in [0.717, 1.165) is 29.5 Å². The average molecular weight is 400 g/mol. The van der Waals surface area contributed by atoms with Gasteiger partial charge in [0.1, 0.15) is 5.60 Å². The van der Waals surface area contributed by atoms with Gasteiger partial charge in [0.15, 0.2) is 23.0 Å². The van der Waals surface area contributed by atoms with Crippen LogP contribution in [0.25, 0.3) is 0 Å². The second-order valence-electron chi connectivity index (χ2n) is 7.56. The Morgan fingerprint density at radius 1 is 0.931 bits per heavy atom. The lowest BCUT2D eigenvalue weighted by molar-refractivity contribution is -0.143. The second-order valence-corrected chi connectivity index (χ2v) is 7.56. The van der Waals surface area contributed by atoms with Crippen LogP contribution < -0.4 is 18.9 Å². The van der Waals surface area contributed by atoms with Crippen molar-refractivity contribution >= 4 is 0 Å². The second kappa shape index (κ2) is 7.76. The number of ether oxygens (including phenoxy) is 5. The fraction of sp³-hybridized carbons (Fsp3) is 0.478. The number of rotatable bonds is 6. The molecule has 29 heavy (non-hydrogen) atoms. The minimum atomic E-state index is -0.787. The van der Waals surface area contributed by atoms with Crippen molar-refractivity contribution in [2.45, 2.75) is 18.4 Å². The topological polar surface area (TPSA) is 66.4 Å². The van der Waals surface area contributed by atoms with Crippen molar-refractivity contribution in [3.63, 3.8) is 0 Å². The van der Waals surface area contributed by atoms with Gasteiger partial charge in [0, 0.05) is 19.1 Å². The Balaban J connectivity index is 1.98. The molecule has 1 fully saturated rings. The van der Waals surface area contributed by atoms with Gasteiger partial charge in [-0.3, -0.25) is 0 Å². The third kappa shape index (κ3) is 2.93. The largest absolute Gasteiger partial charge is 0.493 e. The van der Waals surface area contributed by atoms with Crippen LogP contribution in [0.15, 0.2) is 30.3 Å². The third-order valence-corrected chi connectivity index (χ3v) is 6.41. The van der Waals surface area contributed by atoms with E-state index in [2.05, 4.69) is 0 Å². The number of aliphatic hydroxyl groups excluding tert-OH is 1. The highest BCUT2D eigenvalue weighted by Gasteiger charge is 2.53. The van der Waals surface area contributed by atoms with Gasteiger partial charge in [-0.15, -0.1) is 0 Å². The average Bonchev–Trinajstić information content (AvgIpc) is 2.77. The number of aliphatic hydroxyl groups is 1. The normalized spacial score (nSPS) is 25.1. The first-order chi connectivity index (χ1) is 14.1. The standard InChI is InChI=1S/C23H28O6/c1-25-19-6-5-16(11-21(19)27-3)23-17-12-22(28-4)20(26-2)10-15(17)9-14(7-8-29-23)18(23)13-24/h5-6,10-12,14,18,24H,7-9,13H2,1-4H3/t14-,18-,23+/m0/s1. The molecule has 6 nitrogen and oxygen atoms in total. The first-order valence-corrected chi connectivity index (χ1v) is 9.85. The van der Waals surface area contributed by atoms with Gasteiger partial charge in [0.2, 0.25) is 0 Å². The number of fused-ring (bicyclic) bond motifs is 4. The monoisotopic (exact) mass is 400 g/mol. The van der Waals surface area contributed by atoms with E-state index in [-0.39, 0.29) is 12.5 Å². The fourth-order valence-corrected chi connectivity index (χ4v) is 5.05. The van der Waals surface area contributed by atoms with E-state index in [1.807, 2.05) is 30.3 Å². The van der Waals surface area contributed by atoms with Crippen LogP contribution in [0, 0.1) is 11.8 Å². The Labute approximate surface area is 171 Å². The van der Waals surface area contributed by atoms with Crippen molar-refractivity contribution < 1.29 is 28.8 Å². The van der Waals surface area contributed by atoms with Gasteiger partial charge in [-0.05, 0) is 59.7 Å². The van der Waals surface area contributed by atoms with E-state index >= 15 is 0 Å². The molecule has 1 aliphatic carbocycles. The molecule has 0 amide bonds. The maximum absolute atomic E-state index is 10.4. The lowest BCUT2D eigenvalue weighted by atomic mass is 9.61. The molecule has 0 spiro atoms. The summed E-state index contributed by atoms with van der Waals surface area (Å²) < 4.78 is 28.6. The van der Waals surface area contributed by atoms with Gasteiger partial charge in [-0.25, -0.2) is 0 Å². The quantitative estimate of drug-likeness (QED) is 0.804. The SMILES string of the molecule is COc1ccc([C@@]23OCC[C@@H](Cc4cc(OC)c(OC)cc42)[C@@H]3CO)cc1OC. The van der Waals surface area contributed by atoms with Crippen molar-refractivity contribution in [1.29, 1.82) is 0 Å². The molecule has 0 radical (unpaired) electrons. The zero-order valence-electron chi connectivity index (χ0n) is 17.4. The third-order valence-electron chi connectivity index (χ3n) is 6.41. The van der Waals surface area contributed by atoms with Gasteiger partial charge in [0.25, 0.3) is 0 Å². The zero-order valence-corrected chi connectivity index (χ0v) is 17.4. The molecule has 1 aliphatic heterocycles. The maximum Gasteiger partial charge on any atom is 0.161 e. The highest BCUT2D eigenvalue weighted by Crippen LogP contribution is 2.55. The molecule has 156 valence electrons. The molecule has 2 aromatic carbocycles. The summed E-state index contributed by atoms with van der Waals surface area (Å²) in [5.74, 6) is 2.88. The summed E-state index contributed by atoms with van der Waals surface area (Å²) in [6.07, 6.45) is 1.79. The maximum atomic E-state index is 10.4. The molecular formula is C23H28O6. The van der Waals surface area contributed by atoms with Crippen LogP contribution in [-0.4, -0.2) is 46.8 Å². The van der Waals surface area contributed by atoms with Crippen molar-refractivity contribution in [1.82, 2.24) is 0 Å². The van der Waals surface area contributed by atoms with E-state index in [0.29, 0.717) is 35.5 Å². The molecule has 0 aromatic heterocycles. The highest BCUT2D eigenvalue weighted by atomic mass is 16.5. The zero-order chi connectivity index (χ0) is 20.6. The van der Waals surface area contributed by atoms with E-state index in [1.165, 1.54) is 0 Å². The first kappa shape index (κ1) is 19.9. The molecule has 0 saturated carbocycles. The first-order valence-electron chi connectivity index (χ1n) is 9.85. The Kier molecular flexibility index (Phi) is 5.32. The Morgan fingerprint density at radius 2 is 1.59 bits per heavy atom. The summed E-state index contributed by atoms with van der Waals surface area (Å²) in [5.41, 5.74) is 2.32. The van der Waals surface area contributed by atoms with Crippen molar-refractivity contribution in [3.8, 4) is 23.0 Å². The van der Waals surface area contributed by atoms with Crippen LogP contribution in [0.2, 0.25) is 0 Å². The van der Waals surface area contributed by atoms with Gasteiger partial charge in [-0.2, -0.15) is 0 Å². The fourth-order valence-electron chi connectivity index (χ4n) is 5.05. The molecule has 2 bridgehead atoms. The van der Waals surface area contributed by atoms with E-state index in [9.17, 15) is 5.11 Å². The summed E-state index contributed by atoms with van der Waals surface area (Å²) in [6, 6.07) is 9.88. The number of hydrogen-bond acceptors (Lipinski definition) is 6. The molecule has 6 heteroatoms. The summed E-state index contributed by atoms with van der Waals surface area (Å²) in [7, 11) is 6.51. The minimum absolute atomic E-state index is 0.0345. The van der Waals surface area contributed by atoms with Crippen LogP contribution in [0.3, 0.4) is 0 Å². The number of methoxy groups -OCH3 is 4. The molecule has 1 saturated heterocycles. The molecule has 1 heterocycles. The number of benzene rings is 2. The number of hydrogen-bond donors (Lipinski definition) is 1. The molecule has 2 aliphatic rings. The Hall–Kier alpha value is -2.44. The van der Waals surface area contributed by atoms with Crippen LogP contribution >= 0.6 is 0 Å². The molecule has 1 N–H and O–H groups in total. The van der Waals surface area contributed by atoms with E-state index in [4.69, 9.17) is 23.7 Å². The van der Waals surface area contributed by atoms with Gasteiger partial charge in [0.05, 0.1) is 28.4 Å². The van der Waals surface area contributed by atoms with Crippen LogP contribution in [0.4, 0.5) is 0 Å². The molecular weight excluding hydrogens is 372 g/mol. The molecule has 0 unspecified atom stereocenters. The van der Waals surface area contributed by atoms with E-state index in [1.54, 1.807) is 28.4 Å². The van der Waals surface area contributed by atoms with Crippen LogP contribution in [0.5, 0.6) is 23.0 Å².